The van der Waals surface area contributed by atoms with Crippen LogP contribution >= 0.6 is 0 Å². The number of urea groups is 1. The lowest BCUT2D eigenvalue weighted by molar-refractivity contribution is -0.125. The summed E-state index contributed by atoms with van der Waals surface area (Å²) in [7, 11) is 3.33. The highest BCUT2D eigenvalue weighted by Crippen LogP contribution is 2.36. The Hall–Kier alpha value is -2.50. The molecule has 6 nitrogen and oxygen atoms in total. The number of amides is 3. The van der Waals surface area contributed by atoms with Crippen LogP contribution in [-0.2, 0) is 4.79 Å². The fourth-order valence-electron chi connectivity index (χ4n) is 3.26. The van der Waals surface area contributed by atoms with E-state index in [1.807, 2.05) is 29.2 Å². The van der Waals surface area contributed by atoms with Crippen molar-refractivity contribution >= 4 is 11.9 Å². The summed E-state index contributed by atoms with van der Waals surface area (Å²) < 4.78 is 5.19. The molecule has 0 radical (unpaired) electrons. The summed E-state index contributed by atoms with van der Waals surface area (Å²) in [6, 6.07) is 6.87. The molecule has 3 amide bonds. The maximum Gasteiger partial charge on any atom is 0.322 e. The zero-order valence-electron chi connectivity index (χ0n) is 15.2. The third-order valence-corrected chi connectivity index (χ3v) is 4.86. The molecule has 0 saturated carbocycles. The summed E-state index contributed by atoms with van der Waals surface area (Å²) >= 11 is 0. The molecule has 1 aromatic carbocycles. The Morgan fingerprint density at radius 3 is 2.52 bits per heavy atom. The fraction of sp³-hybridized carbons (Fsp3) is 0.474. The van der Waals surface area contributed by atoms with Crippen molar-refractivity contribution in [2.75, 3.05) is 27.2 Å². The summed E-state index contributed by atoms with van der Waals surface area (Å²) in [6.07, 6.45) is 0.949. The first kappa shape index (κ1) is 17.3. The normalized spacial score (nSPS) is 20.3. The van der Waals surface area contributed by atoms with Crippen molar-refractivity contribution < 1.29 is 14.3 Å². The average molecular weight is 343 g/mol. The summed E-state index contributed by atoms with van der Waals surface area (Å²) in [5, 5.41) is 2.95. The Kier molecular flexibility index (Phi) is 4.70. The fourth-order valence-corrected chi connectivity index (χ4v) is 3.26. The molecular weight excluding hydrogens is 318 g/mol. The quantitative estimate of drug-likeness (QED) is 0.894. The van der Waals surface area contributed by atoms with Gasteiger partial charge in [0.25, 0.3) is 5.91 Å². The van der Waals surface area contributed by atoms with Crippen LogP contribution in [0.1, 0.15) is 31.9 Å². The van der Waals surface area contributed by atoms with Crippen molar-refractivity contribution in [3.05, 3.63) is 41.1 Å². The van der Waals surface area contributed by atoms with E-state index in [0.29, 0.717) is 24.6 Å². The topological polar surface area (TPSA) is 61.9 Å². The van der Waals surface area contributed by atoms with Crippen LogP contribution in [0.3, 0.4) is 0 Å². The minimum absolute atomic E-state index is 0.0170. The standard InChI is InChI=1S/C19H25N3O3/c1-12(2)9-10-22-11-15-16(18(22)23)17(20-19(24)21(15)3)13-5-7-14(25-4)8-6-13/h5-8,12,17H,9-11H2,1-4H3,(H,20,24)/t17-/m1/s1. The molecule has 0 spiro atoms. The Labute approximate surface area is 148 Å². The van der Waals surface area contributed by atoms with Crippen molar-refractivity contribution in [3.8, 4) is 5.75 Å². The first-order valence-corrected chi connectivity index (χ1v) is 8.63. The predicted molar refractivity (Wildman–Crippen MR) is 95.1 cm³/mol. The Bertz CT molecular complexity index is 709. The van der Waals surface area contributed by atoms with Crippen LogP contribution in [0, 0.1) is 5.92 Å². The minimum Gasteiger partial charge on any atom is -0.497 e. The van der Waals surface area contributed by atoms with Gasteiger partial charge in [-0.05, 0) is 30.0 Å². The number of likely N-dealkylation sites (N-methyl/N-ethyl adjacent to an activating group) is 1. The highest BCUT2D eigenvalue weighted by molar-refractivity contribution is 6.01. The molecule has 25 heavy (non-hydrogen) atoms. The average Bonchev–Trinajstić information content (AvgIpc) is 2.93. The number of methoxy groups -OCH3 is 1. The zero-order chi connectivity index (χ0) is 18.1. The summed E-state index contributed by atoms with van der Waals surface area (Å²) in [5.74, 6) is 1.29. The van der Waals surface area contributed by atoms with E-state index in [9.17, 15) is 9.59 Å². The molecule has 0 aliphatic carbocycles. The molecular formula is C19H25N3O3. The number of rotatable bonds is 5. The van der Waals surface area contributed by atoms with E-state index >= 15 is 0 Å². The number of hydrogen-bond donors (Lipinski definition) is 1. The van der Waals surface area contributed by atoms with Gasteiger partial charge in [0.2, 0.25) is 0 Å². The van der Waals surface area contributed by atoms with E-state index in [2.05, 4.69) is 19.2 Å². The van der Waals surface area contributed by atoms with E-state index < -0.39 is 6.04 Å². The van der Waals surface area contributed by atoms with E-state index in [4.69, 9.17) is 4.74 Å². The van der Waals surface area contributed by atoms with E-state index in [1.54, 1.807) is 19.1 Å². The largest absolute Gasteiger partial charge is 0.497 e. The number of nitrogens with zero attached hydrogens (tertiary/aromatic N) is 2. The SMILES string of the molecule is COc1ccc([C@H]2NC(=O)N(C)C3=C2C(=O)N(CCC(C)C)C3)cc1. The van der Waals surface area contributed by atoms with Gasteiger partial charge in [-0.3, -0.25) is 9.69 Å². The number of ether oxygens (including phenoxy) is 1. The van der Waals surface area contributed by atoms with Crippen LogP contribution in [0.5, 0.6) is 5.75 Å². The molecule has 1 aromatic rings. The minimum atomic E-state index is -0.416. The number of carbonyl (C=O) groups excluding carboxylic acids is 2. The highest BCUT2D eigenvalue weighted by Gasteiger charge is 2.42. The highest BCUT2D eigenvalue weighted by atomic mass is 16.5. The Morgan fingerprint density at radius 1 is 1.24 bits per heavy atom. The van der Waals surface area contributed by atoms with Gasteiger partial charge in [-0.15, -0.1) is 0 Å². The monoisotopic (exact) mass is 343 g/mol. The zero-order valence-corrected chi connectivity index (χ0v) is 15.2. The molecule has 134 valence electrons. The summed E-state index contributed by atoms with van der Waals surface area (Å²) in [5.41, 5.74) is 2.36. The van der Waals surface area contributed by atoms with Gasteiger partial charge in [0, 0.05) is 13.6 Å². The molecule has 1 atom stereocenters. The second-order valence-electron chi connectivity index (χ2n) is 6.98. The van der Waals surface area contributed by atoms with Gasteiger partial charge in [-0.2, -0.15) is 0 Å². The summed E-state index contributed by atoms with van der Waals surface area (Å²) in [6.45, 7) is 5.49. The lowest BCUT2D eigenvalue weighted by Crippen LogP contribution is -2.45. The molecule has 0 bridgehead atoms. The molecule has 0 fully saturated rings. The van der Waals surface area contributed by atoms with Crippen LogP contribution in [-0.4, -0.2) is 49.0 Å². The second kappa shape index (κ2) is 6.78. The van der Waals surface area contributed by atoms with Crippen molar-refractivity contribution in [3.63, 3.8) is 0 Å². The molecule has 2 heterocycles. The van der Waals surface area contributed by atoms with Crippen LogP contribution in [0.15, 0.2) is 35.5 Å². The number of benzene rings is 1. The second-order valence-corrected chi connectivity index (χ2v) is 6.98. The summed E-state index contributed by atoms with van der Waals surface area (Å²) in [4.78, 5) is 28.7. The third-order valence-electron chi connectivity index (χ3n) is 4.86. The first-order valence-electron chi connectivity index (χ1n) is 8.63. The molecule has 0 saturated heterocycles. The van der Waals surface area contributed by atoms with Crippen molar-refractivity contribution in [1.29, 1.82) is 0 Å². The van der Waals surface area contributed by atoms with Gasteiger partial charge >= 0.3 is 6.03 Å². The van der Waals surface area contributed by atoms with Gasteiger partial charge < -0.3 is 15.0 Å². The van der Waals surface area contributed by atoms with Gasteiger partial charge in [0.15, 0.2) is 0 Å². The molecule has 1 N–H and O–H groups in total. The van der Waals surface area contributed by atoms with Crippen molar-refractivity contribution in [2.24, 2.45) is 5.92 Å². The van der Waals surface area contributed by atoms with E-state index in [1.165, 1.54) is 0 Å². The van der Waals surface area contributed by atoms with Crippen LogP contribution < -0.4 is 10.1 Å². The lowest BCUT2D eigenvalue weighted by atomic mass is 9.95. The maximum atomic E-state index is 13.0. The van der Waals surface area contributed by atoms with Crippen molar-refractivity contribution in [2.45, 2.75) is 26.3 Å². The number of hydrogen-bond acceptors (Lipinski definition) is 3. The maximum absolute atomic E-state index is 13.0. The molecule has 2 aliphatic heterocycles. The van der Waals surface area contributed by atoms with Gasteiger partial charge in [-0.1, -0.05) is 26.0 Å². The van der Waals surface area contributed by atoms with Crippen LogP contribution in [0.4, 0.5) is 4.79 Å². The number of nitrogens with one attached hydrogen (secondary N) is 1. The van der Waals surface area contributed by atoms with Crippen LogP contribution in [0.2, 0.25) is 0 Å². The Morgan fingerprint density at radius 2 is 1.92 bits per heavy atom. The predicted octanol–water partition coefficient (Wildman–Crippen LogP) is 2.53. The molecule has 2 aliphatic rings. The molecule has 0 unspecified atom stereocenters. The third kappa shape index (κ3) is 3.21. The van der Waals surface area contributed by atoms with Gasteiger partial charge in [0.05, 0.1) is 31.0 Å². The van der Waals surface area contributed by atoms with E-state index in [0.717, 1.165) is 23.4 Å². The smallest absolute Gasteiger partial charge is 0.322 e. The van der Waals surface area contributed by atoms with E-state index in [-0.39, 0.29) is 11.9 Å². The Balaban J connectivity index is 1.91. The lowest BCUT2D eigenvalue weighted by Gasteiger charge is -2.31. The van der Waals surface area contributed by atoms with Gasteiger partial charge in [-0.25, -0.2) is 4.79 Å². The number of carbonyl (C=O) groups is 2. The first-order chi connectivity index (χ1) is 11.9. The molecule has 3 rings (SSSR count). The molecule has 6 heteroatoms. The van der Waals surface area contributed by atoms with Gasteiger partial charge in [0.1, 0.15) is 5.75 Å². The van der Waals surface area contributed by atoms with Crippen LogP contribution in [0.25, 0.3) is 0 Å². The molecule has 0 aromatic heterocycles. The van der Waals surface area contributed by atoms with Crippen molar-refractivity contribution in [1.82, 2.24) is 15.1 Å².